The van der Waals surface area contributed by atoms with Crippen LogP contribution in [0.2, 0.25) is 0 Å². The van der Waals surface area contributed by atoms with E-state index in [2.05, 4.69) is 76.2 Å². The molecule has 2 rings (SSSR count). The second kappa shape index (κ2) is 7.13. The van der Waals surface area contributed by atoms with Crippen molar-refractivity contribution in [2.45, 2.75) is 45.4 Å². The summed E-state index contributed by atoms with van der Waals surface area (Å²) >= 11 is 6.62. The van der Waals surface area contributed by atoms with E-state index in [1.54, 1.807) is 0 Å². The molecule has 0 saturated heterocycles. The van der Waals surface area contributed by atoms with Gasteiger partial charge in [0, 0.05) is 0 Å². The maximum atomic E-state index is 6.62. The van der Waals surface area contributed by atoms with E-state index in [1.165, 1.54) is 16.7 Å². The highest BCUT2D eigenvalue weighted by Crippen LogP contribution is 2.30. The standard InChI is InChI=1S/C20H25Cl/c1-14(2)13-16-5-7-18(8-6-16)20(21)19-11-9-17(10-12-19)15(3)4/h5-12,14-15,20H,13H2,1-4H3. The largest absolute Gasteiger partial charge is 0.113 e. The molecule has 2 aromatic rings. The van der Waals surface area contributed by atoms with Crippen molar-refractivity contribution >= 4 is 11.6 Å². The third-order valence-corrected chi connectivity index (χ3v) is 4.32. The van der Waals surface area contributed by atoms with Crippen LogP contribution < -0.4 is 0 Å². The van der Waals surface area contributed by atoms with Crippen molar-refractivity contribution in [3.63, 3.8) is 0 Å². The number of alkyl halides is 1. The molecular formula is C20H25Cl. The van der Waals surface area contributed by atoms with Crippen LogP contribution in [0.1, 0.15) is 61.2 Å². The van der Waals surface area contributed by atoms with Crippen LogP contribution in [-0.4, -0.2) is 0 Å². The summed E-state index contributed by atoms with van der Waals surface area (Å²) in [5.74, 6) is 1.24. The van der Waals surface area contributed by atoms with E-state index in [9.17, 15) is 0 Å². The van der Waals surface area contributed by atoms with Crippen LogP contribution in [0, 0.1) is 5.92 Å². The van der Waals surface area contributed by atoms with E-state index in [0.29, 0.717) is 11.8 Å². The molecule has 1 unspecified atom stereocenters. The Kier molecular flexibility index (Phi) is 5.47. The lowest BCUT2D eigenvalue weighted by atomic mass is 9.97. The van der Waals surface area contributed by atoms with E-state index >= 15 is 0 Å². The Bertz CT molecular complexity index is 549. The smallest absolute Gasteiger partial charge is 0.0835 e. The number of rotatable bonds is 5. The first-order chi connectivity index (χ1) is 9.97. The summed E-state index contributed by atoms with van der Waals surface area (Å²) in [7, 11) is 0. The highest BCUT2D eigenvalue weighted by atomic mass is 35.5. The Hall–Kier alpha value is -1.27. The fourth-order valence-electron chi connectivity index (χ4n) is 2.54. The molecule has 0 saturated carbocycles. The van der Waals surface area contributed by atoms with Crippen molar-refractivity contribution in [1.82, 2.24) is 0 Å². The van der Waals surface area contributed by atoms with Gasteiger partial charge in [-0.05, 0) is 40.5 Å². The number of halogens is 1. The lowest BCUT2D eigenvalue weighted by Crippen LogP contribution is -1.97. The number of benzene rings is 2. The molecular weight excluding hydrogens is 276 g/mol. The van der Waals surface area contributed by atoms with E-state index in [1.807, 2.05) is 0 Å². The second-order valence-corrected chi connectivity index (χ2v) is 6.96. The van der Waals surface area contributed by atoms with Gasteiger partial charge < -0.3 is 0 Å². The monoisotopic (exact) mass is 300 g/mol. The first kappa shape index (κ1) is 16.1. The molecule has 21 heavy (non-hydrogen) atoms. The Labute approximate surface area is 134 Å². The van der Waals surface area contributed by atoms with Gasteiger partial charge in [0.25, 0.3) is 0 Å². The number of hydrogen-bond donors (Lipinski definition) is 0. The van der Waals surface area contributed by atoms with Gasteiger partial charge in [0.1, 0.15) is 0 Å². The molecule has 112 valence electrons. The molecule has 0 aliphatic heterocycles. The van der Waals surface area contributed by atoms with Gasteiger partial charge in [-0.2, -0.15) is 0 Å². The van der Waals surface area contributed by atoms with Crippen LogP contribution >= 0.6 is 11.6 Å². The van der Waals surface area contributed by atoms with Crippen LogP contribution in [0.15, 0.2) is 48.5 Å². The second-order valence-electron chi connectivity index (χ2n) is 6.52. The fourth-order valence-corrected chi connectivity index (χ4v) is 2.83. The SMILES string of the molecule is CC(C)Cc1ccc(C(Cl)c2ccc(C(C)C)cc2)cc1. The first-order valence-corrected chi connectivity index (χ1v) is 8.23. The summed E-state index contributed by atoms with van der Waals surface area (Å²) in [5.41, 5.74) is 5.07. The zero-order chi connectivity index (χ0) is 15.4. The summed E-state index contributed by atoms with van der Waals surface area (Å²) in [4.78, 5) is 0. The molecule has 0 spiro atoms. The maximum Gasteiger partial charge on any atom is 0.0835 e. The summed E-state index contributed by atoms with van der Waals surface area (Å²) in [6.45, 7) is 8.91. The van der Waals surface area contributed by atoms with E-state index in [0.717, 1.165) is 12.0 Å². The minimum absolute atomic E-state index is 0.0701. The van der Waals surface area contributed by atoms with E-state index < -0.39 is 0 Å². The predicted octanol–water partition coefficient (Wildman–Crippen LogP) is 6.34. The van der Waals surface area contributed by atoms with Crippen molar-refractivity contribution in [2.75, 3.05) is 0 Å². The van der Waals surface area contributed by atoms with E-state index in [-0.39, 0.29) is 5.38 Å². The van der Waals surface area contributed by atoms with Crippen molar-refractivity contribution in [2.24, 2.45) is 5.92 Å². The van der Waals surface area contributed by atoms with Gasteiger partial charge in [0.05, 0.1) is 5.38 Å². The van der Waals surface area contributed by atoms with Gasteiger partial charge in [-0.1, -0.05) is 76.2 Å². The van der Waals surface area contributed by atoms with Crippen molar-refractivity contribution in [3.8, 4) is 0 Å². The molecule has 0 N–H and O–H groups in total. The number of hydrogen-bond acceptors (Lipinski definition) is 0. The Morgan fingerprint density at radius 3 is 1.57 bits per heavy atom. The Morgan fingerprint density at radius 1 is 0.714 bits per heavy atom. The van der Waals surface area contributed by atoms with Gasteiger partial charge in [0.15, 0.2) is 0 Å². The lowest BCUT2D eigenvalue weighted by Gasteiger charge is -2.13. The fraction of sp³-hybridized carbons (Fsp3) is 0.400. The van der Waals surface area contributed by atoms with E-state index in [4.69, 9.17) is 11.6 Å². The van der Waals surface area contributed by atoms with Crippen molar-refractivity contribution < 1.29 is 0 Å². The molecule has 1 heteroatoms. The molecule has 0 amide bonds. The quantitative estimate of drug-likeness (QED) is 0.565. The topological polar surface area (TPSA) is 0 Å². The molecule has 0 bridgehead atoms. The summed E-state index contributed by atoms with van der Waals surface area (Å²) in [6.07, 6.45) is 1.12. The Balaban J connectivity index is 2.13. The molecule has 2 aromatic carbocycles. The normalized spacial score (nSPS) is 12.9. The maximum absolute atomic E-state index is 6.62. The molecule has 0 aromatic heterocycles. The molecule has 0 radical (unpaired) electrons. The summed E-state index contributed by atoms with van der Waals surface area (Å²) in [5, 5.41) is -0.0701. The van der Waals surface area contributed by atoms with Crippen molar-refractivity contribution in [1.29, 1.82) is 0 Å². The van der Waals surface area contributed by atoms with Crippen molar-refractivity contribution in [3.05, 3.63) is 70.8 Å². The van der Waals surface area contributed by atoms with Gasteiger partial charge >= 0.3 is 0 Å². The highest BCUT2D eigenvalue weighted by Gasteiger charge is 2.11. The van der Waals surface area contributed by atoms with Gasteiger partial charge in [-0.15, -0.1) is 11.6 Å². The molecule has 0 heterocycles. The van der Waals surface area contributed by atoms with Gasteiger partial charge in [-0.3, -0.25) is 0 Å². The Morgan fingerprint density at radius 2 is 1.14 bits per heavy atom. The zero-order valence-electron chi connectivity index (χ0n) is 13.4. The lowest BCUT2D eigenvalue weighted by molar-refractivity contribution is 0.647. The third-order valence-electron chi connectivity index (χ3n) is 3.81. The summed E-state index contributed by atoms with van der Waals surface area (Å²) in [6, 6.07) is 17.4. The van der Waals surface area contributed by atoms with Crippen LogP contribution in [0.5, 0.6) is 0 Å². The molecule has 1 atom stereocenters. The van der Waals surface area contributed by atoms with Crippen LogP contribution in [0.25, 0.3) is 0 Å². The average Bonchev–Trinajstić information content (AvgIpc) is 2.47. The first-order valence-electron chi connectivity index (χ1n) is 7.80. The minimum atomic E-state index is -0.0701. The minimum Gasteiger partial charge on any atom is -0.113 e. The third kappa shape index (κ3) is 4.35. The molecule has 0 aliphatic carbocycles. The zero-order valence-corrected chi connectivity index (χ0v) is 14.2. The van der Waals surface area contributed by atoms with Gasteiger partial charge in [0.2, 0.25) is 0 Å². The predicted molar refractivity (Wildman–Crippen MR) is 93.2 cm³/mol. The summed E-state index contributed by atoms with van der Waals surface area (Å²) < 4.78 is 0. The van der Waals surface area contributed by atoms with Gasteiger partial charge in [-0.25, -0.2) is 0 Å². The van der Waals surface area contributed by atoms with Crippen LogP contribution in [0.4, 0.5) is 0 Å². The molecule has 0 aliphatic rings. The molecule has 0 fully saturated rings. The van der Waals surface area contributed by atoms with Crippen LogP contribution in [0.3, 0.4) is 0 Å². The average molecular weight is 301 g/mol. The van der Waals surface area contributed by atoms with Crippen LogP contribution in [-0.2, 0) is 6.42 Å². The molecule has 0 nitrogen and oxygen atoms in total. The highest BCUT2D eigenvalue weighted by molar-refractivity contribution is 6.22.